The van der Waals surface area contributed by atoms with Gasteiger partial charge in [0.1, 0.15) is 11.9 Å². The molecule has 1 amide bonds. The Balaban J connectivity index is 1.64. The number of rotatable bonds is 4. The number of aromatic nitrogens is 2. The van der Waals surface area contributed by atoms with Gasteiger partial charge >= 0.3 is 0 Å². The van der Waals surface area contributed by atoms with Crippen LogP contribution in [0.15, 0.2) is 42.9 Å². The molecule has 0 aliphatic carbocycles. The third-order valence-electron chi connectivity index (χ3n) is 4.59. The molecule has 2 N–H and O–H groups in total. The lowest BCUT2D eigenvalue weighted by atomic mass is 10.1. The topological polar surface area (TPSA) is 96.3 Å². The normalized spacial score (nSPS) is 24.8. The third-order valence-corrected chi connectivity index (χ3v) is 7.45. The standard InChI is InChI=1S/C19H19ClFN5O3S2/c1-25-9-15(22-10-25)18-6-5-17(30-18)14-8-16(26(2)31(28,29)24-14)19(27)23-11-3-4-13(21)12(20)7-11/h3-7,9-10,14,16,24H,8H2,1-2H3,(H,23,27)/t14-,16+/m1/s1/i1D3,2D3. The predicted molar refractivity (Wildman–Crippen MR) is 118 cm³/mol. The number of imidazole rings is 1. The van der Waals surface area contributed by atoms with Gasteiger partial charge in [-0.1, -0.05) is 11.6 Å². The van der Waals surface area contributed by atoms with Crippen LogP contribution in [0.25, 0.3) is 10.6 Å². The maximum Gasteiger partial charge on any atom is 0.280 e. The number of aryl methyl sites for hydroxylation is 1. The summed E-state index contributed by atoms with van der Waals surface area (Å²) in [7, 11) is -4.66. The zero-order valence-electron chi connectivity index (χ0n) is 21.5. The molecular weight excluding hydrogens is 465 g/mol. The monoisotopic (exact) mass is 489 g/mol. The number of carbonyl (C=O) groups is 1. The van der Waals surface area contributed by atoms with E-state index in [9.17, 15) is 17.6 Å². The molecule has 0 spiro atoms. The zero-order chi connectivity index (χ0) is 27.3. The van der Waals surface area contributed by atoms with Gasteiger partial charge in [-0.15, -0.1) is 11.3 Å². The van der Waals surface area contributed by atoms with Crippen molar-refractivity contribution < 1.29 is 25.8 Å². The Kier molecular flexibility index (Phi) is 4.16. The Morgan fingerprint density at radius 2 is 2.23 bits per heavy atom. The lowest BCUT2D eigenvalue weighted by Gasteiger charge is -2.35. The molecule has 8 nitrogen and oxygen atoms in total. The Labute approximate surface area is 196 Å². The minimum Gasteiger partial charge on any atom is -0.340 e. The van der Waals surface area contributed by atoms with Crippen molar-refractivity contribution in [2.24, 2.45) is 6.98 Å². The number of halogens is 2. The zero-order valence-corrected chi connectivity index (χ0v) is 17.9. The van der Waals surface area contributed by atoms with E-state index >= 15 is 0 Å². The number of anilines is 1. The van der Waals surface area contributed by atoms with Crippen LogP contribution in [0.2, 0.25) is 5.02 Å². The molecule has 31 heavy (non-hydrogen) atoms. The molecule has 0 unspecified atom stereocenters. The number of benzene rings is 1. The first-order chi connectivity index (χ1) is 17.1. The van der Waals surface area contributed by atoms with Crippen molar-refractivity contribution >= 4 is 44.7 Å². The second-order valence-corrected chi connectivity index (χ2v) is 9.81. The summed E-state index contributed by atoms with van der Waals surface area (Å²) < 4.78 is 88.4. The van der Waals surface area contributed by atoms with Crippen LogP contribution in [-0.4, -0.2) is 41.2 Å². The third kappa shape index (κ3) is 4.51. The first-order valence-corrected chi connectivity index (χ1v) is 11.4. The van der Waals surface area contributed by atoms with E-state index in [1.54, 1.807) is 12.1 Å². The molecule has 1 aromatic carbocycles. The van der Waals surface area contributed by atoms with E-state index < -0.39 is 48.0 Å². The minimum absolute atomic E-state index is 0.0534. The Morgan fingerprint density at radius 1 is 1.39 bits per heavy atom. The number of likely N-dealkylation sites (N-methyl/N-ethyl adjacent to an activating group) is 1. The van der Waals surface area contributed by atoms with E-state index in [0.29, 0.717) is 15.4 Å². The van der Waals surface area contributed by atoms with E-state index in [0.717, 1.165) is 34.4 Å². The molecule has 1 aliphatic rings. The molecule has 3 heterocycles. The van der Waals surface area contributed by atoms with Crippen LogP contribution in [0.4, 0.5) is 10.1 Å². The molecule has 1 saturated heterocycles. The molecule has 0 radical (unpaired) electrons. The number of amides is 1. The fraction of sp³-hybridized carbons (Fsp3) is 0.263. The van der Waals surface area contributed by atoms with Gasteiger partial charge in [0.2, 0.25) is 5.91 Å². The highest BCUT2D eigenvalue weighted by Crippen LogP contribution is 2.35. The van der Waals surface area contributed by atoms with Crippen molar-refractivity contribution in [1.82, 2.24) is 18.6 Å². The van der Waals surface area contributed by atoms with Crippen molar-refractivity contribution in [2.45, 2.75) is 18.5 Å². The second-order valence-electron chi connectivity index (χ2n) is 6.71. The molecule has 1 fully saturated rings. The summed E-state index contributed by atoms with van der Waals surface area (Å²) in [5.74, 6) is -1.67. The second kappa shape index (κ2) is 8.32. The van der Waals surface area contributed by atoms with E-state index in [1.807, 2.05) is 0 Å². The van der Waals surface area contributed by atoms with Gasteiger partial charge < -0.3 is 9.88 Å². The van der Waals surface area contributed by atoms with Gasteiger partial charge in [0.05, 0.1) is 28.0 Å². The summed E-state index contributed by atoms with van der Waals surface area (Å²) >= 11 is 6.85. The van der Waals surface area contributed by atoms with Crippen molar-refractivity contribution in [3.63, 3.8) is 0 Å². The highest BCUT2D eigenvalue weighted by molar-refractivity contribution is 7.87. The number of carbonyl (C=O) groups excluding carboxylic acids is 1. The largest absolute Gasteiger partial charge is 0.340 e. The molecule has 1 aliphatic heterocycles. The Bertz CT molecular complexity index is 1440. The van der Waals surface area contributed by atoms with Gasteiger partial charge in [0, 0.05) is 38.9 Å². The van der Waals surface area contributed by atoms with Gasteiger partial charge in [-0.2, -0.15) is 17.4 Å². The highest BCUT2D eigenvalue weighted by Gasteiger charge is 2.41. The van der Waals surface area contributed by atoms with Crippen LogP contribution in [-0.2, 0) is 22.0 Å². The SMILES string of the molecule is [2H]C([2H])([2H])N1[C@H](C(=O)Nc2ccc(F)c(Cl)c2)C[C@H](c2ccc(-c3cn(C([2H])([2H])[2H])cn3)s2)NS1(=O)=O. The average Bonchev–Trinajstić information content (AvgIpc) is 3.43. The number of hydrogen-bond acceptors (Lipinski definition) is 5. The van der Waals surface area contributed by atoms with Crippen LogP contribution in [0.5, 0.6) is 0 Å². The van der Waals surface area contributed by atoms with Crippen LogP contribution in [0.1, 0.15) is 25.6 Å². The Hall–Kier alpha value is -2.31. The van der Waals surface area contributed by atoms with E-state index in [2.05, 4.69) is 15.0 Å². The van der Waals surface area contributed by atoms with Gasteiger partial charge in [0.15, 0.2) is 0 Å². The molecule has 2 atom stereocenters. The summed E-state index contributed by atoms with van der Waals surface area (Å²) in [6.45, 7) is -5.60. The minimum atomic E-state index is -4.66. The van der Waals surface area contributed by atoms with E-state index in [-0.39, 0.29) is 21.4 Å². The molecular formula is C19H19ClFN5O3S2. The summed E-state index contributed by atoms with van der Waals surface area (Å²) in [5.41, 5.74) is 0.398. The molecule has 164 valence electrons. The van der Waals surface area contributed by atoms with Gasteiger partial charge in [0.25, 0.3) is 10.2 Å². The molecule has 0 bridgehead atoms. The average molecular weight is 490 g/mol. The van der Waals surface area contributed by atoms with Gasteiger partial charge in [-0.25, -0.2) is 9.37 Å². The van der Waals surface area contributed by atoms with Crippen molar-refractivity contribution in [3.8, 4) is 10.6 Å². The fourth-order valence-corrected chi connectivity index (χ4v) is 5.59. The molecule has 12 heteroatoms. The van der Waals surface area contributed by atoms with Gasteiger partial charge in [-0.05, 0) is 36.8 Å². The highest BCUT2D eigenvalue weighted by atomic mass is 35.5. The first kappa shape index (κ1) is 15.5. The lowest BCUT2D eigenvalue weighted by Crippen LogP contribution is -2.55. The van der Waals surface area contributed by atoms with Crippen molar-refractivity contribution in [3.05, 3.63) is 58.6 Å². The predicted octanol–water partition coefficient (Wildman–Crippen LogP) is 3.16. The van der Waals surface area contributed by atoms with Crippen molar-refractivity contribution in [2.75, 3.05) is 12.3 Å². The van der Waals surface area contributed by atoms with Gasteiger partial charge in [-0.3, -0.25) is 4.79 Å². The maximum absolute atomic E-state index is 13.5. The first-order valence-electron chi connectivity index (χ1n) is 11.8. The van der Waals surface area contributed by atoms with Crippen LogP contribution in [0, 0.1) is 5.82 Å². The quantitative estimate of drug-likeness (QED) is 0.588. The van der Waals surface area contributed by atoms with Crippen LogP contribution >= 0.6 is 22.9 Å². The fourth-order valence-electron chi connectivity index (χ4n) is 3.09. The van der Waals surface area contributed by atoms with Crippen LogP contribution < -0.4 is 10.0 Å². The molecule has 2 aromatic heterocycles. The number of hydrogen-bond donors (Lipinski definition) is 2. The molecule has 4 rings (SSSR count). The van der Waals surface area contributed by atoms with Crippen molar-refractivity contribution in [1.29, 1.82) is 0 Å². The summed E-state index contributed by atoms with van der Waals surface area (Å²) in [4.78, 5) is 18.2. The number of thiophene rings is 1. The Morgan fingerprint density at radius 3 is 2.94 bits per heavy atom. The summed E-state index contributed by atoms with van der Waals surface area (Å²) in [6, 6.07) is 3.91. The summed E-state index contributed by atoms with van der Waals surface area (Å²) in [5, 5.41) is 2.12. The molecule has 0 saturated carbocycles. The summed E-state index contributed by atoms with van der Waals surface area (Å²) in [6.07, 6.45) is 2.23. The van der Waals surface area contributed by atoms with Crippen LogP contribution in [0.3, 0.4) is 0 Å². The van der Waals surface area contributed by atoms with E-state index in [4.69, 9.17) is 19.8 Å². The maximum atomic E-state index is 13.5. The molecule has 3 aromatic rings. The lowest BCUT2D eigenvalue weighted by molar-refractivity contribution is -0.120. The number of nitrogens with zero attached hydrogens (tertiary/aromatic N) is 3. The smallest absolute Gasteiger partial charge is 0.280 e. The van der Waals surface area contributed by atoms with E-state index in [1.165, 1.54) is 12.3 Å². The number of nitrogens with one attached hydrogen (secondary N) is 2.